The molecule has 1 heterocycles. The standard InChI is InChI=1S/C27H21BrN2O/c28-22-17-15-21(16-18-22)26-29(19-20-9-3-1-4-10-20)25-14-8-7-13-24(25)27(31)30(26)23-11-5-2-6-12-23/h1-18,26H,19H2/t26-/m0/s1. The highest BCUT2D eigenvalue weighted by Gasteiger charge is 2.39. The zero-order chi connectivity index (χ0) is 21.2. The van der Waals surface area contributed by atoms with E-state index in [1.807, 2.05) is 77.7 Å². The molecule has 0 N–H and O–H groups in total. The summed E-state index contributed by atoms with van der Waals surface area (Å²) in [5.74, 6) is 0.0130. The molecule has 0 fully saturated rings. The smallest absolute Gasteiger partial charge is 0.262 e. The van der Waals surface area contributed by atoms with Crippen LogP contribution in [-0.2, 0) is 6.54 Å². The van der Waals surface area contributed by atoms with Gasteiger partial charge in [0.05, 0.1) is 11.3 Å². The Bertz CT molecular complexity index is 1190. The average Bonchev–Trinajstić information content (AvgIpc) is 2.82. The summed E-state index contributed by atoms with van der Waals surface area (Å²) >= 11 is 3.54. The normalized spacial score (nSPS) is 15.6. The van der Waals surface area contributed by atoms with Crippen molar-refractivity contribution < 1.29 is 4.79 Å². The van der Waals surface area contributed by atoms with Crippen LogP contribution in [0.15, 0.2) is 114 Å². The Morgan fingerprint density at radius 1 is 0.710 bits per heavy atom. The Morgan fingerprint density at radius 3 is 2.03 bits per heavy atom. The third-order valence-corrected chi connectivity index (χ3v) is 6.13. The molecule has 1 atom stereocenters. The SMILES string of the molecule is O=C1c2ccccc2N(Cc2ccccc2)[C@H](c2ccc(Br)cc2)N1c1ccccc1. The minimum Gasteiger partial charge on any atom is -0.342 e. The Kier molecular flexibility index (Phi) is 5.31. The number of hydrogen-bond donors (Lipinski definition) is 0. The highest BCUT2D eigenvalue weighted by molar-refractivity contribution is 9.10. The van der Waals surface area contributed by atoms with Gasteiger partial charge in [0.1, 0.15) is 6.17 Å². The molecule has 1 aliphatic heterocycles. The molecule has 5 rings (SSSR count). The lowest BCUT2D eigenvalue weighted by molar-refractivity contribution is 0.0968. The third-order valence-electron chi connectivity index (χ3n) is 5.60. The minimum absolute atomic E-state index is 0.0130. The van der Waals surface area contributed by atoms with Gasteiger partial charge in [0.25, 0.3) is 5.91 Å². The molecule has 31 heavy (non-hydrogen) atoms. The maximum atomic E-state index is 13.8. The monoisotopic (exact) mass is 468 g/mol. The number of carbonyl (C=O) groups excluding carboxylic acids is 1. The molecule has 0 radical (unpaired) electrons. The number of amides is 1. The fourth-order valence-electron chi connectivity index (χ4n) is 4.18. The molecule has 0 spiro atoms. The van der Waals surface area contributed by atoms with Gasteiger partial charge in [-0.15, -0.1) is 0 Å². The third kappa shape index (κ3) is 3.75. The van der Waals surface area contributed by atoms with E-state index in [1.165, 1.54) is 5.56 Å². The van der Waals surface area contributed by atoms with Crippen LogP contribution in [0, 0.1) is 0 Å². The van der Waals surface area contributed by atoms with Gasteiger partial charge in [-0.05, 0) is 47.5 Å². The summed E-state index contributed by atoms with van der Waals surface area (Å²) in [6.45, 7) is 0.690. The van der Waals surface area contributed by atoms with Crippen LogP contribution in [0.3, 0.4) is 0 Å². The first-order valence-corrected chi connectivity index (χ1v) is 11.1. The van der Waals surface area contributed by atoms with E-state index >= 15 is 0 Å². The van der Waals surface area contributed by atoms with E-state index < -0.39 is 0 Å². The van der Waals surface area contributed by atoms with E-state index in [4.69, 9.17) is 0 Å². The second-order valence-corrected chi connectivity index (χ2v) is 8.48. The maximum absolute atomic E-state index is 13.8. The molecule has 0 saturated heterocycles. The lowest BCUT2D eigenvalue weighted by atomic mass is 9.99. The summed E-state index contributed by atoms with van der Waals surface area (Å²) in [6, 6.07) is 36.5. The number of para-hydroxylation sites is 2. The van der Waals surface area contributed by atoms with Crippen LogP contribution in [-0.4, -0.2) is 5.91 Å². The van der Waals surface area contributed by atoms with Gasteiger partial charge in [-0.25, -0.2) is 0 Å². The number of fused-ring (bicyclic) bond motifs is 1. The second-order valence-electron chi connectivity index (χ2n) is 7.57. The highest BCUT2D eigenvalue weighted by atomic mass is 79.9. The van der Waals surface area contributed by atoms with Crippen molar-refractivity contribution in [3.8, 4) is 0 Å². The molecule has 4 aromatic rings. The number of hydrogen-bond acceptors (Lipinski definition) is 2. The second kappa shape index (κ2) is 8.40. The lowest BCUT2D eigenvalue weighted by Gasteiger charge is -2.46. The summed E-state index contributed by atoms with van der Waals surface area (Å²) in [5, 5.41) is 0. The Morgan fingerprint density at radius 2 is 1.32 bits per heavy atom. The Balaban J connectivity index is 1.72. The van der Waals surface area contributed by atoms with Crippen LogP contribution < -0.4 is 9.80 Å². The first kappa shape index (κ1) is 19.6. The van der Waals surface area contributed by atoms with Crippen molar-refractivity contribution in [2.24, 2.45) is 0 Å². The van der Waals surface area contributed by atoms with Crippen molar-refractivity contribution in [2.45, 2.75) is 12.7 Å². The molecule has 0 unspecified atom stereocenters. The van der Waals surface area contributed by atoms with Crippen LogP contribution in [0.4, 0.5) is 11.4 Å². The fourth-order valence-corrected chi connectivity index (χ4v) is 4.44. The molecule has 3 nitrogen and oxygen atoms in total. The number of anilines is 2. The Labute approximate surface area is 190 Å². The number of benzene rings is 4. The zero-order valence-corrected chi connectivity index (χ0v) is 18.4. The zero-order valence-electron chi connectivity index (χ0n) is 16.9. The molecule has 4 aromatic carbocycles. The molecular weight excluding hydrogens is 448 g/mol. The van der Waals surface area contributed by atoms with Gasteiger partial charge in [0.15, 0.2) is 0 Å². The van der Waals surface area contributed by atoms with Gasteiger partial charge < -0.3 is 4.90 Å². The van der Waals surface area contributed by atoms with Crippen LogP contribution in [0.25, 0.3) is 0 Å². The van der Waals surface area contributed by atoms with E-state index in [0.717, 1.165) is 27.0 Å². The molecule has 152 valence electrons. The van der Waals surface area contributed by atoms with Gasteiger partial charge in [0, 0.05) is 16.7 Å². The van der Waals surface area contributed by atoms with Crippen LogP contribution in [0.5, 0.6) is 0 Å². The van der Waals surface area contributed by atoms with Crippen molar-refractivity contribution in [3.05, 3.63) is 130 Å². The number of carbonyl (C=O) groups is 1. The van der Waals surface area contributed by atoms with Crippen molar-refractivity contribution >= 4 is 33.2 Å². The largest absolute Gasteiger partial charge is 0.342 e. The Hall–Kier alpha value is -3.37. The van der Waals surface area contributed by atoms with E-state index in [2.05, 4.69) is 57.2 Å². The predicted octanol–water partition coefficient (Wildman–Crippen LogP) is 6.81. The molecular formula is C27H21BrN2O. The summed E-state index contributed by atoms with van der Waals surface area (Å²) in [5.41, 5.74) is 4.81. The van der Waals surface area contributed by atoms with Gasteiger partial charge in [-0.1, -0.05) is 88.7 Å². The number of nitrogens with zero attached hydrogens (tertiary/aromatic N) is 2. The molecule has 0 aromatic heterocycles. The van der Waals surface area contributed by atoms with Crippen molar-refractivity contribution in [1.29, 1.82) is 0 Å². The first-order valence-electron chi connectivity index (χ1n) is 10.3. The quantitative estimate of drug-likeness (QED) is 0.328. The van der Waals surface area contributed by atoms with Crippen molar-refractivity contribution in [2.75, 3.05) is 9.80 Å². The minimum atomic E-state index is -0.266. The van der Waals surface area contributed by atoms with E-state index in [0.29, 0.717) is 6.54 Å². The topological polar surface area (TPSA) is 23.6 Å². The molecule has 0 saturated carbocycles. The van der Waals surface area contributed by atoms with Gasteiger partial charge in [-0.3, -0.25) is 9.69 Å². The van der Waals surface area contributed by atoms with Crippen LogP contribution in [0.1, 0.15) is 27.7 Å². The number of halogens is 1. The van der Waals surface area contributed by atoms with Crippen LogP contribution >= 0.6 is 15.9 Å². The summed E-state index contributed by atoms with van der Waals surface area (Å²) in [7, 11) is 0. The van der Waals surface area contributed by atoms with Gasteiger partial charge in [-0.2, -0.15) is 0 Å². The first-order chi connectivity index (χ1) is 15.2. The average molecular weight is 469 g/mol. The summed E-state index contributed by atoms with van der Waals surface area (Å²) in [4.78, 5) is 18.0. The lowest BCUT2D eigenvalue weighted by Crippen LogP contribution is -2.49. The molecule has 1 aliphatic rings. The van der Waals surface area contributed by atoms with E-state index in [1.54, 1.807) is 0 Å². The van der Waals surface area contributed by atoms with Gasteiger partial charge in [0.2, 0.25) is 0 Å². The molecule has 0 aliphatic carbocycles. The molecule has 0 bridgehead atoms. The molecule has 1 amide bonds. The maximum Gasteiger partial charge on any atom is 0.262 e. The van der Waals surface area contributed by atoms with Crippen molar-refractivity contribution in [3.63, 3.8) is 0 Å². The number of rotatable bonds is 4. The van der Waals surface area contributed by atoms with E-state index in [9.17, 15) is 4.79 Å². The van der Waals surface area contributed by atoms with Crippen LogP contribution in [0.2, 0.25) is 0 Å². The highest BCUT2D eigenvalue weighted by Crippen LogP contribution is 2.42. The van der Waals surface area contributed by atoms with E-state index in [-0.39, 0.29) is 12.1 Å². The fraction of sp³-hybridized carbons (Fsp3) is 0.0741. The summed E-state index contributed by atoms with van der Waals surface area (Å²) < 4.78 is 1.01. The predicted molar refractivity (Wildman–Crippen MR) is 129 cm³/mol. The molecule has 4 heteroatoms. The summed E-state index contributed by atoms with van der Waals surface area (Å²) in [6.07, 6.45) is -0.266. The van der Waals surface area contributed by atoms with Gasteiger partial charge >= 0.3 is 0 Å². The van der Waals surface area contributed by atoms with Crippen molar-refractivity contribution in [1.82, 2.24) is 0 Å².